The molecule has 0 aromatic carbocycles. The quantitative estimate of drug-likeness (QED) is 0.766. The molecule has 0 radical (unpaired) electrons. The predicted molar refractivity (Wildman–Crippen MR) is 78.8 cm³/mol. The molecule has 0 spiro atoms. The standard InChI is InChI=1S/C13H20N4O2.ClH/c1-8-2-3-17(10(4-8)6-14)13(19)11-5-9(7-16-11)12(15)18;/h5,7-8,10,16H,2-4,6,14H2,1H3,(H2,15,18);1H. The van der Waals surface area contributed by atoms with Crippen LogP contribution in [0, 0.1) is 5.92 Å². The monoisotopic (exact) mass is 300 g/mol. The summed E-state index contributed by atoms with van der Waals surface area (Å²) in [5.41, 5.74) is 11.6. The van der Waals surface area contributed by atoms with Crippen molar-refractivity contribution in [3.05, 3.63) is 23.5 Å². The summed E-state index contributed by atoms with van der Waals surface area (Å²) < 4.78 is 0. The third-order valence-electron chi connectivity index (χ3n) is 3.71. The highest BCUT2D eigenvalue weighted by Crippen LogP contribution is 2.23. The van der Waals surface area contributed by atoms with Gasteiger partial charge < -0.3 is 21.4 Å². The molecule has 1 aliphatic rings. The van der Waals surface area contributed by atoms with E-state index >= 15 is 0 Å². The first-order valence-corrected chi connectivity index (χ1v) is 6.52. The molecule has 1 aromatic heterocycles. The summed E-state index contributed by atoms with van der Waals surface area (Å²) in [5.74, 6) is -0.0739. The fourth-order valence-electron chi connectivity index (χ4n) is 2.56. The molecule has 7 heteroatoms. The number of halogens is 1. The number of aromatic nitrogens is 1. The highest BCUT2D eigenvalue weighted by atomic mass is 35.5. The first-order chi connectivity index (χ1) is 9.02. The Labute approximate surface area is 124 Å². The number of carbonyl (C=O) groups is 2. The summed E-state index contributed by atoms with van der Waals surface area (Å²) in [5, 5.41) is 0. The zero-order chi connectivity index (χ0) is 14.0. The Kier molecular flexibility index (Phi) is 5.59. The van der Waals surface area contributed by atoms with Gasteiger partial charge in [0.15, 0.2) is 0 Å². The van der Waals surface area contributed by atoms with Crippen molar-refractivity contribution in [2.45, 2.75) is 25.8 Å². The first kappa shape index (κ1) is 16.5. The second-order valence-electron chi connectivity index (χ2n) is 5.18. The van der Waals surface area contributed by atoms with Gasteiger partial charge in [-0.3, -0.25) is 9.59 Å². The van der Waals surface area contributed by atoms with Crippen molar-refractivity contribution in [3.63, 3.8) is 0 Å². The summed E-state index contributed by atoms with van der Waals surface area (Å²) >= 11 is 0. The lowest BCUT2D eigenvalue weighted by atomic mass is 9.92. The van der Waals surface area contributed by atoms with E-state index in [1.54, 1.807) is 4.90 Å². The third-order valence-corrected chi connectivity index (χ3v) is 3.71. The van der Waals surface area contributed by atoms with Gasteiger partial charge in [0.05, 0.1) is 5.56 Å². The number of nitrogens with one attached hydrogen (secondary N) is 1. The summed E-state index contributed by atoms with van der Waals surface area (Å²) in [6.45, 7) is 3.33. The van der Waals surface area contributed by atoms with Gasteiger partial charge in [0, 0.05) is 25.3 Å². The van der Waals surface area contributed by atoms with Crippen LogP contribution in [-0.4, -0.2) is 40.8 Å². The number of primary amides is 1. The molecule has 0 saturated carbocycles. The highest BCUT2D eigenvalue weighted by molar-refractivity contribution is 5.98. The molecular formula is C13H21ClN4O2. The van der Waals surface area contributed by atoms with Gasteiger partial charge in [-0.05, 0) is 24.8 Å². The lowest BCUT2D eigenvalue weighted by Gasteiger charge is -2.37. The molecule has 112 valence electrons. The molecule has 6 nitrogen and oxygen atoms in total. The average molecular weight is 301 g/mol. The van der Waals surface area contributed by atoms with Gasteiger partial charge in [0.1, 0.15) is 5.69 Å². The number of hydrogen-bond donors (Lipinski definition) is 3. The van der Waals surface area contributed by atoms with Gasteiger partial charge in [-0.1, -0.05) is 6.92 Å². The molecule has 0 aliphatic carbocycles. The largest absolute Gasteiger partial charge is 0.366 e. The molecule has 2 heterocycles. The van der Waals surface area contributed by atoms with Crippen molar-refractivity contribution < 1.29 is 9.59 Å². The predicted octanol–water partition coefficient (Wildman–Crippen LogP) is 0.735. The Morgan fingerprint density at radius 3 is 2.75 bits per heavy atom. The number of nitrogens with zero attached hydrogens (tertiary/aromatic N) is 1. The maximum atomic E-state index is 12.4. The lowest BCUT2D eigenvalue weighted by molar-refractivity contribution is 0.0568. The Morgan fingerprint density at radius 2 is 2.20 bits per heavy atom. The van der Waals surface area contributed by atoms with Gasteiger partial charge in [0.25, 0.3) is 5.91 Å². The van der Waals surface area contributed by atoms with Crippen molar-refractivity contribution in [1.29, 1.82) is 0 Å². The third kappa shape index (κ3) is 3.32. The van der Waals surface area contributed by atoms with E-state index in [1.165, 1.54) is 12.3 Å². The number of aromatic amines is 1. The van der Waals surface area contributed by atoms with Crippen LogP contribution in [0.2, 0.25) is 0 Å². The molecule has 1 aromatic rings. The van der Waals surface area contributed by atoms with Crippen LogP contribution in [0.25, 0.3) is 0 Å². The Morgan fingerprint density at radius 1 is 1.50 bits per heavy atom. The minimum absolute atomic E-state index is 0. The van der Waals surface area contributed by atoms with Crippen LogP contribution in [0.5, 0.6) is 0 Å². The molecule has 5 N–H and O–H groups in total. The van der Waals surface area contributed by atoms with Crippen molar-refractivity contribution in [2.75, 3.05) is 13.1 Å². The van der Waals surface area contributed by atoms with Gasteiger partial charge >= 0.3 is 0 Å². The summed E-state index contributed by atoms with van der Waals surface area (Å²) in [6.07, 6.45) is 3.36. The van der Waals surface area contributed by atoms with E-state index < -0.39 is 5.91 Å². The van der Waals surface area contributed by atoms with E-state index in [0.29, 0.717) is 30.3 Å². The van der Waals surface area contributed by atoms with Crippen LogP contribution >= 0.6 is 12.4 Å². The van der Waals surface area contributed by atoms with Crippen molar-refractivity contribution >= 4 is 24.2 Å². The number of nitrogens with two attached hydrogens (primary N) is 2. The fourth-order valence-corrected chi connectivity index (χ4v) is 2.56. The molecule has 1 fully saturated rings. The van der Waals surface area contributed by atoms with E-state index in [4.69, 9.17) is 11.5 Å². The topological polar surface area (TPSA) is 105 Å². The Bertz CT molecular complexity index is 488. The zero-order valence-corrected chi connectivity index (χ0v) is 12.3. The van der Waals surface area contributed by atoms with Crippen LogP contribution in [-0.2, 0) is 0 Å². The van der Waals surface area contributed by atoms with E-state index in [0.717, 1.165) is 12.8 Å². The number of amides is 2. The maximum Gasteiger partial charge on any atom is 0.270 e. The molecule has 2 unspecified atom stereocenters. The Balaban J connectivity index is 0.00000200. The highest BCUT2D eigenvalue weighted by Gasteiger charge is 2.30. The minimum Gasteiger partial charge on any atom is -0.366 e. The summed E-state index contributed by atoms with van der Waals surface area (Å²) in [4.78, 5) is 28.0. The van der Waals surface area contributed by atoms with Crippen LogP contribution in [0.3, 0.4) is 0 Å². The van der Waals surface area contributed by atoms with E-state index in [-0.39, 0.29) is 24.4 Å². The van der Waals surface area contributed by atoms with E-state index in [1.807, 2.05) is 0 Å². The van der Waals surface area contributed by atoms with Gasteiger partial charge in [-0.2, -0.15) is 0 Å². The van der Waals surface area contributed by atoms with Gasteiger partial charge in [-0.25, -0.2) is 0 Å². The lowest BCUT2D eigenvalue weighted by Crippen LogP contribution is -2.49. The molecule has 1 saturated heterocycles. The minimum atomic E-state index is -0.544. The molecule has 1 aliphatic heterocycles. The second-order valence-corrected chi connectivity index (χ2v) is 5.18. The van der Waals surface area contributed by atoms with Crippen LogP contribution in [0.1, 0.15) is 40.6 Å². The molecular weight excluding hydrogens is 280 g/mol. The van der Waals surface area contributed by atoms with Crippen molar-refractivity contribution in [1.82, 2.24) is 9.88 Å². The first-order valence-electron chi connectivity index (χ1n) is 6.52. The maximum absolute atomic E-state index is 12.4. The molecule has 20 heavy (non-hydrogen) atoms. The molecule has 2 amide bonds. The molecule has 0 bridgehead atoms. The second kappa shape index (κ2) is 6.76. The SMILES string of the molecule is CC1CCN(C(=O)c2cc(C(N)=O)c[nH]2)C(CN)C1.Cl. The number of rotatable bonds is 3. The van der Waals surface area contributed by atoms with Crippen LogP contribution < -0.4 is 11.5 Å². The fraction of sp³-hybridized carbons (Fsp3) is 0.538. The number of likely N-dealkylation sites (tertiary alicyclic amines) is 1. The molecule has 2 atom stereocenters. The van der Waals surface area contributed by atoms with Gasteiger partial charge in [-0.15, -0.1) is 12.4 Å². The van der Waals surface area contributed by atoms with E-state index in [9.17, 15) is 9.59 Å². The van der Waals surface area contributed by atoms with Crippen LogP contribution in [0.15, 0.2) is 12.3 Å². The van der Waals surface area contributed by atoms with Crippen LogP contribution in [0.4, 0.5) is 0 Å². The Hall–Kier alpha value is -1.53. The zero-order valence-electron chi connectivity index (χ0n) is 11.5. The molecule has 2 rings (SSSR count). The number of carbonyl (C=O) groups excluding carboxylic acids is 2. The number of piperidine rings is 1. The van der Waals surface area contributed by atoms with Gasteiger partial charge in [0.2, 0.25) is 5.91 Å². The van der Waals surface area contributed by atoms with Crippen molar-refractivity contribution in [3.8, 4) is 0 Å². The summed E-state index contributed by atoms with van der Waals surface area (Å²) in [6, 6.07) is 1.56. The smallest absolute Gasteiger partial charge is 0.270 e. The van der Waals surface area contributed by atoms with Crippen molar-refractivity contribution in [2.24, 2.45) is 17.4 Å². The number of hydrogen-bond acceptors (Lipinski definition) is 3. The average Bonchev–Trinajstić information content (AvgIpc) is 2.87. The number of H-pyrrole nitrogens is 1. The normalized spacial score (nSPS) is 22.2. The van der Waals surface area contributed by atoms with E-state index in [2.05, 4.69) is 11.9 Å². The summed E-state index contributed by atoms with van der Waals surface area (Å²) in [7, 11) is 0.